The summed E-state index contributed by atoms with van der Waals surface area (Å²) in [5, 5.41) is 8.48. The predicted octanol–water partition coefficient (Wildman–Crippen LogP) is 5.98. The molecular weight excluding hydrogens is 372 g/mol. The van der Waals surface area contributed by atoms with Crippen molar-refractivity contribution in [2.45, 2.75) is 63.4 Å². The van der Waals surface area contributed by atoms with Gasteiger partial charge in [-0.3, -0.25) is 4.79 Å². The third-order valence-electron chi connectivity index (χ3n) is 6.14. The first-order chi connectivity index (χ1) is 14.1. The smallest absolute Gasteiger partial charge is 0.309 e. The van der Waals surface area contributed by atoms with Crippen LogP contribution in [0.2, 0.25) is 0 Å². The van der Waals surface area contributed by atoms with E-state index in [9.17, 15) is 13.6 Å². The van der Waals surface area contributed by atoms with Crippen LogP contribution < -0.4 is 0 Å². The van der Waals surface area contributed by atoms with Gasteiger partial charge in [0.25, 0.3) is 0 Å². The van der Waals surface area contributed by atoms with Crippen LogP contribution in [0.1, 0.15) is 62.8 Å². The second kappa shape index (κ2) is 10.3. The molecular formula is C24H27F2NO2. The van der Waals surface area contributed by atoms with Gasteiger partial charge in [0.1, 0.15) is 6.10 Å². The van der Waals surface area contributed by atoms with E-state index in [1.807, 2.05) is 12.1 Å². The second-order valence-corrected chi connectivity index (χ2v) is 8.07. The molecule has 0 heterocycles. The van der Waals surface area contributed by atoms with E-state index in [0.717, 1.165) is 56.9 Å². The Hall–Kier alpha value is -2.48. The number of carbonyl (C=O) groups is 1. The third kappa shape index (κ3) is 6.00. The highest BCUT2D eigenvalue weighted by Crippen LogP contribution is 2.36. The van der Waals surface area contributed by atoms with Crippen LogP contribution >= 0.6 is 0 Å². The van der Waals surface area contributed by atoms with Crippen LogP contribution in [-0.2, 0) is 9.53 Å². The normalized spacial score (nSPS) is 27.8. The lowest BCUT2D eigenvalue weighted by Crippen LogP contribution is -2.29. The maximum Gasteiger partial charge on any atom is 0.309 e. The van der Waals surface area contributed by atoms with Gasteiger partial charge in [0.2, 0.25) is 0 Å². The molecule has 1 aromatic rings. The summed E-state index contributed by atoms with van der Waals surface area (Å²) >= 11 is 0. The first-order valence-electron chi connectivity index (χ1n) is 10.4. The number of nitriles is 1. The lowest BCUT2D eigenvalue weighted by atomic mass is 9.81. The quantitative estimate of drug-likeness (QED) is 0.348. The Labute approximate surface area is 171 Å². The number of hydrogen-bond donors (Lipinski definition) is 0. The van der Waals surface area contributed by atoms with E-state index in [-0.39, 0.29) is 23.9 Å². The highest BCUT2D eigenvalue weighted by atomic mass is 19.2. The molecule has 5 heteroatoms. The van der Waals surface area contributed by atoms with Crippen molar-refractivity contribution in [3.05, 3.63) is 59.7 Å². The molecule has 29 heavy (non-hydrogen) atoms. The summed E-state index contributed by atoms with van der Waals surface area (Å²) < 4.78 is 32.3. The van der Waals surface area contributed by atoms with Crippen LogP contribution in [0.3, 0.4) is 0 Å². The van der Waals surface area contributed by atoms with Crippen molar-refractivity contribution < 1.29 is 18.3 Å². The van der Waals surface area contributed by atoms with Gasteiger partial charge in [-0.15, -0.1) is 0 Å². The van der Waals surface area contributed by atoms with Gasteiger partial charge in [0.05, 0.1) is 12.0 Å². The summed E-state index contributed by atoms with van der Waals surface area (Å²) in [6.45, 7) is 0. The summed E-state index contributed by atoms with van der Waals surface area (Å²) in [7, 11) is 0. The average molecular weight is 399 g/mol. The molecule has 0 saturated heterocycles. The van der Waals surface area contributed by atoms with E-state index in [1.165, 1.54) is 18.2 Å². The monoisotopic (exact) mass is 399 g/mol. The van der Waals surface area contributed by atoms with Crippen molar-refractivity contribution in [1.82, 2.24) is 0 Å². The minimum absolute atomic E-state index is 0.0294. The van der Waals surface area contributed by atoms with Gasteiger partial charge in [0.15, 0.2) is 11.6 Å². The van der Waals surface area contributed by atoms with Gasteiger partial charge in [-0.05, 0) is 80.9 Å². The van der Waals surface area contributed by atoms with E-state index >= 15 is 0 Å². The molecule has 1 aromatic carbocycles. The van der Waals surface area contributed by atoms with Crippen molar-refractivity contribution in [3.8, 4) is 6.07 Å². The molecule has 0 atom stereocenters. The van der Waals surface area contributed by atoms with Crippen molar-refractivity contribution in [3.63, 3.8) is 0 Å². The number of carbonyl (C=O) groups excluding carboxylic acids is 1. The molecule has 0 N–H and O–H groups in total. The molecule has 2 saturated carbocycles. The summed E-state index contributed by atoms with van der Waals surface area (Å²) in [4.78, 5) is 12.5. The fourth-order valence-corrected chi connectivity index (χ4v) is 4.41. The lowest BCUT2D eigenvalue weighted by molar-refractivity contribution is -0.157. The largest absolute Gasteiger partial charge is 0.462 e. The molecule has 0 amide bonds. The summed E-state index contributed by atoms with van der Waals surface area (Å²) in [5.74, 6) is -1.10. The van der Waals surface area contributed by atoms with Crippen LogP contribution in [0.4, 0.5) is 8.78 Å². The van der Waals surface area contributed by atoms with E-state index < -0.39 is 11.6 Å². The van der Waals surface area contributed by atoms with Gasteiger partial charge in [-0.25, -0.2) is 8.78 Å². The predicted molar refractivity (Wildman–Crippen MR) is 107 cm³/mol. The third-order valence-corrected chi connectivity index (χ3v) is 6.14. The van der Waals surface area contributed by atoms with Gasteiger partial charge in [0, 0.05) is 6.08 Å². The molecule has 0 spiro atoms. The van der Waals surface area contributed by atoms with Crippen molar-refractivity contribution in [1.29, 1.82) is 5.26 Å². The highest BCUT2D eigenvalue weighted by molar-refractivity contribution is 5.72. The van der Waals surface area contributed by atoms with Gasteiger partial charge in [-0.1, -0.05) is 24.3 Å². The van der Waals surface area contributed by atoms with E-state index in [1.54, 1.807) is 12.1 Å². The number of benzene rings is 1. The molecule has 0 bridgehead atoms. The summed E-state index contributed by atoms with van der Waals surface area (Å²) in [6, 6.07) is 6.08. The molecule has 0 unspecified atom stereocenters. The van der Waals surface area contributed by atoms with Crippen LogP contribution in [0.25, 0.3) is 0 Å². The number of allylic oxidation sites excluding steroid dienone is 4. The molecule has 0 radical (unpaired) electrons. The Balaban J connectivity index is 1.41. The number of rotatable bonds is 5. The summed E-state index contributed by atoms with van der Waals surface area (Å²) in [6.07, 6.45) is 13.9. The topological polar surface area (TPSA) is 50.1 Å². The van der Waals surface area contributed by atoms with Gasteiger partial charge < -0.3 is 4.74 Å². The lowest BCUT2D eigenvalue weighted by Gasteiger charge is -2.31. The SMILES string of the molecule is N#CC=CC=C[C@H]1CC[C@H](C(=O)O[C@H]2CC[C@H](c3ccc(F)c(F)c3)CC2)CC1. The Morgan fingerprint density at radius 1 is 1.00 bits per heavy atom. The van der Waals surface area contributed by atoms with E-state index in [4.69, 9.17) is 10.00 Å². The number of hydrogen-bond acceptors (Lipinski definition) is 3. The molecule has 3 rings (SSSR count). The maximum atomic E-state index is 13.5. The maximum absolute atomic E-state index is 13.5. The Morgan fingerprint density at radius 3 is 2.38 bits per heavy atom. The first-order valence-corrected chi connectivity index (χ1v) is 10.4. The number of halogens is 2. The fourth-order valence-electron chi connectivity index (χ4n) is 4.41. The molecule has 0 aliphatic heterocycles. The minimum atomic E-state index is -0.819. The zero-order valence-corrected chi connectivity index (χ0v) is 16.5. The standard InChI is InChI=1S/C24H27F2NO2/c25-22-14-11-20(16-23(22)26)18-9-12-21(13-10-18)29-24(28)19-7-5-17(6-8-19)4-2-1-3-15-27/h1-4,11,14,16-19,21H,5-10,12-13H2/t17-,18-,19-,21-. The molecule has 154 valence electrons. The van der Waals surface area contributed by atoms with E-state index in [2.05, 4.69) is 6.08 Å². The van der Waals surface area contributed by atoms with Crippen molar-refractivity contribution >= 4 is 5.97 Å². The Morgan fingerprint density at radius 2 is 1.72 bits per heavy atom. The summed E-state index contributed by atoms with van der Waals surface area (Å²) in [5.41, 5.74) is 0.824. The Bertz CT molecular complexity index is 796. The van der Waals surface area contributed by atoms with E-state index in [0.29, 0.717) is 5.92 Å². The van der Waals surface area contributed by atoms with Crippen molar-refractivity contribution in [2.24, 2.45) is 11.8 Å². The van der Waals surface area contributed by atoms with Crippen molar-refractivity contribution in [2.75, 3.05) is 0 Å². The van der Waals surface area contributed by atoms with Crippen LogP contribution in [-0.4, -0.2) is 12.1 Å². The number of esters is 1. The molecule has 2 aliphatic carbocycles. The number of ether oxygens (including phenoxy) is 1. The zero-order chi connectivity index (χ0) is 20.6. The molecule has 2 fully saturated rings. The van der Waals surface area contributed by atoms with Crippen LogP contribution in [0.5, 0.6) is 0 Å². The number of nitrogens with zero attached hydrogens (tertiary/aromatic N) is 1. The zero-order valence-electron chi connectivity index (χ0n) is 16.5. The van der Waals surface area contributed by atoms with Gasteiger partial charge >= 0.3 is 5.97 Å². The average Bonchev–Trinajstić information content (AvgIpc) is 2.74. The highest BCUT2D eigenvalue weighted by Gasteiger charge is 2.30. The van der Waals surface area contributed by atoms with Crippen LogP contribution in [0.15, 0.2) is 42.5 Å². The molecule has 3 nitrogen and oxygen atoms in total. The minimum Gasteiger partial charge on any atom is -0.462 e. The molecule has 2 aliphatic rings. The second-order valence-electron chi connectivity index (χ2n) is 8.07. The molecule has 0 aromatic heterocycles. The van der Waals surface area contributed by atoms with Gasteiger partial charge in [-0.2, -0.15) is 5.26 Å². The first kappa shape index (κ1) is 21.2. The van der Waals surface area contributed by atoms with Crippen LogP contribution in [0, 0.1) is 34.8 Å². The fraction of sp³-hybridized carbons (Fsp3) is 0.500. The Kier molecular flexibility index (Phi) is 7.57.